The molecule has 0 spiro atoms. The van der Waals surface area contributed by atoms with E-state index in [1.165, 1.54) is 0 Å². The van der Waals surface area contributed by atoms with Crippen LogP contribution in [0.15, 0.2) is 30.3 Å². The maximum absolute atomic E-state index is 9.64. The number of ether oxygens (including phenoxy) is 1. The normalized spacial score (nSPS) is 24.6. The van der Waals surface area contributed by atoms with Gasteiger partial charge in [0.1, 0.15) is 5.75 Å². The second-order valence-electron chi connectivity index (χ2n) is 4.17. The lowest BCUT2D eigenvalue weighted by Gasteiger charge is -2.13. The van der Waals surface area contributed by atoms with Gasteiger partial charge in [-0.2, -0.15) is 11.8 Å². The van der Waals surface area contributed by atoms with Gasteiger partial charge >= 0.3 is 0 Å². The lowest BCUT2D eigenvalue weighted by Crippen LogP contribution is -2.18. The van der Waals surface area contributed by atoms with Crippen molar-refractivity contribution in [3.8, 4) is 5.75 Å². The van der Waals surface area contributed by atoms with Gasteiger partial charge in [0.25, 0.3) is 0 Å². The second kappa shape index (κ2) is 6.16. The molecule has 0 aromatic heterocycles. The molecule has 1 aliphatic rings. The minimum Gasteiger partial charge on any atom is -0.494 e. The zero-order valence-electron chi connectivity index (χ0n) is 9.34. The van der Waals surface area contributed by atoms with E-state index < -0.39 is 0 Å². The van der Waals surface area contributed by atoms with Gasteiger partial charge in [0, 0.05) is 5.75 Å². The van der Waals surface area contributed by atoms with Gasteiger partial charge in [0.15, 0.2) is 0 Å². The molecule has 1 saturated heterocycles. The molecule has 1 aromatic rings. The fraction of sp³-hybridized carbons (Fsp3) is 0.538. The van der Waals surface area contributed by atoms with Crippen LogP contribution >= 0.6 is 11.8 Å². The van der Waals surface area contributed by atoms with E-state index >= 15 is 0 Å². The van der Waals surface area contributed by atoms with Crippen LogP contribution in [-0.4, -0.2) is 29.3 Å². The number of rotatable bonds is 5. The summed E-state index contributed by atoms with van der Waals surface area (Å²) in [5.74, 6) is 3.42. The van der Waals surface area contributed by atoms with Crippen molar-refractivity contribution in [2.24, 2.45) is 5.92 Å². The summed E-state index contributed by atoms with van der Waals surface area (Å²) in [4.78, 5) is 0. The molecular weight excluding hydrogens is 220 g/mol. The summed E-state index contributed by atoms with van der Waals surface area (Å²) in [5, 5.41) is 9.64. The first-order valence-electron chi connectivity index (χ1n) is 5.80. The summed E-state index contributed by atoms with van der Waals surface area (Å²) < 4.78 is 5.61. The van der Waals surface area contributed by atoms with Gasteiger partial charge in [-0.1, -0.05) is 18.2 Å². The van der Waals surface area contributed by atoms with E-state index in [1.54, 1.807) is 0 Å². The summed E-state index contributed by atoms with van der Waals surface area (Å²) in [6, 6.07) is 9.89. The molecule has 3 heteroatoms. The summed E-state index contributed by atoms with van der Waals surface area (Å²) in [7, 11) is 0. The van der Waals surface area contributed by atoms with Crippen molar-refractivity contribution < 1.29 is 9.84 Å². The minimum atomic E-state index is -0.0956. The number of para-hydroxylation sites is 1. The topological polar surface area (TPSA) is 29.5 Å². The van der Waals surface area contributed by atoms with E-state index in [0.29, 0.717) is 5.92 Å². The van der Waals surface area contributed by atoms with Crippen LogP contribution < -0.4 is 4.74 Å². The largest absolute Gasteiger partial charge is 0.494 e. The van der Waals surface area contributed by atoms with Crippen LogP contribution in [0.3, 0.4) is 0 Å². The molecule has 16 heavy (non-hydrogen) atoms. The van der Waals surface area contributed by atoms with Gasteiger partial charge in [-0.25, -0.2) is 0 Å². The van der Waals surface area contributed by atoms with Gasteiger partial charge in [-0.3, -0.25) is 0 Å². The Morgan fingerprint density at radius 3 is 2.75 bits per heavy atom. The predicted octanol–water partition coefficient (Wildman–Crippen LogP) is 2.57. The van der Waals surface area contributed by atoms with Crippen molar-refractivity contribution in [2.75, 3.05) is 18.1 Å². The number of aliphatic hydroxyl groups is 1. The molecule has 2 atom stereocenters. The molecule has 2 nitrogen and oxygen atoms in total. The Morgan fingerprint density at radius 2 is 2.06 bits per heavy atom. The standard InChI is InChI=1S/C13H18O2S/c14-13-10-16-9-11(13)5-4-8-15-12-6-2-1-3-7-12/h1-3,6-7,11,13-14H,4-5,8-10H2. The maximum Gasteiger partial charge on any atom is 0.119 e. The summed E-state index contributed by atoms with van der Waals surface area (Å²) in [6.45, 7) is 0.748. The number of aliphatic hydroxyl groups excluding tert-OH is 1. The Hall–Kier alpha value is -0.670. The van der Waals surface area contributed by atoms with E-state index in [0.717, 1.165) is 36.7 Å². The zero-order chi connectivity index (χ0) is 11.2. The molecule has 0 saturated carbocycles. The quantitative estimate of drug-likeness (QED) is 0.799. The Morgan fingerprint density at radius 1 is 1.25 bits per heavy atom. The minimum absolute atomic E-state index is 0.0956. The van der Waals surface area contributed by atoms with Gasteiger partial charge in [0.2, 0.25) is 0 Å². The first kappa shape index (κ1) is 11.8. The SMILES string of the molecule is OC1CSCC1CCCOc1ccccc1. The van der Waals surface area contributed by atoms with Crippen molar-refractivity contribution in [1.29, 1.82) is 0 Å². The molecule has 0 amide bonds. The van der Waals surface area contributed by atoms with Crippen LogP contribution in [0, 0.1) is 5.92 Å². The molecular formula is C13H18O2S. The van der Waals surface area contributed by atoms with Crippen molar-refractivity contribution in [3.63, 3.8) is 0 Å². The van der Waals surface area contributed by atoms with Crippen LogP contribution in [0.1, 0.15) is 12.8 Å². The highest BCUT2D eigenvalue weighted by molar-refractivity contribution is 7.99. The first-order valence-corrected chi connectivity index (χ1v) is 6.95. The van der Waals surface area contributed by atoms with Gasteiger partial charge < -0.3 is 9.84 Å². The van der Waals surface area contributed by atoms with Crippen LogP contribution in [-0.2, 0) is 0 Å². The third-order valence-corrected chi connectivity index (χ3v) is 4.14. The van der Waals surface area contributed by atoms with Gasteiger partial charge in [0.05, 0.1) is 12.7 Å². The third kappa shape index (κ3) is 3.42. The van der Waals surface area contributed by atoms with Crippen LogP contribution in [0.25, 0.3) is 0 Å². The third-order valence-electron chi connectivity index (χ3n) is 2.90. The maximum atomic E-state index is 9.64. The molecule has 1 aliphatic heterocycles. The van der Waals surface area contributed by atoms with E-state index in [9.17, 15) is 5.11 Å². The van der Waals surface area contributed by atoms with Crippen LogP contribution in [0.4, 0.5) is 0 Å². The Kier molecular flexibility index (Phi) is 4.55. The highest BCUT2D eigenvalue weighted by atomic mass is 32.2. The number of benzene rings is 1. The average Bonchev–Trinajstić information content (AvgIpc) is 2.72. The lowest BCUT2D eigenvalue weighted by molar-refractivity contribution is 0.139. The molecule has 1 aromatic carbocycles. The summed E-state index contributed by atoms with van der Waals surface area (Å²) >= 11 is 1.85. The molecule has 2 unspecified atom stereocenters. The number of hydrogen-bond donors (Lipinski definition) is 1. The Balaban J connectivity index is 1.62. The zero-order valence-corrected chi connectivity index (χ0v) is 10.2. The average molecular weight is 238 g/mol. The monoisotopic (exact) mass is 238 g/mol. The fourth-order valence-corrected chi connectivity index (χ4v) is 3.26. The van der Waals surface area contributed by atoms with Crippen molar-refractivity contribution >= 4 is 11.8 Å². The highest BCUT2D eigenvalue weighted by Gasteiger charge is 2.24. The molecule has 2 rings (SSSR count). The second-order valence-corrected chi connectivity index (χ2v) is 5.24. The Bertz CT molecular complexity index is 302. The lowest BCUT2D eigenvalue weighted by atomic mass is 10.0. The first-order chi connectivity index (χ1) is 7.86. The van der Waals surface area contributed by atoms with Crippen LogP contribution in [0.2, 0.25) is 0 Å². The van der Waals surface area contributed by atoms with E-state index in [2.05, 4.69) is 0 Å². The van der Waals surface area contributed by atoms with Crippen LogP contribution in [0.5, 0.6) is 5.75 Å². The van der Waals surface area contributed by atoms with Gasteiger partial charge in [-0.15, -0.1) is 0 Å². The fourth-order valence-electron chi connectivity index (χ4n) is 1.92. The highest BCUT2D eigenvalue weighted by Crippen LogP contribution is 2.27. The van der Waals surface area contributed by atoms with Gasteiger partial charge in [-0.05, 0) is 36.6 Å². The summed E-state index contributed by atoms with van der Waals surface area (Å²) in [6.07, 6.45) is 2.00. The van der Waals surface area contributed by atoms with E-state index in [1.807, 2.05) is 42.1 Å². The predicted molar refractivity (Wildman–Crippen MR) is 68.0 cm³/mol. The molecule has 0 radical (unpaired) electrons. The van der Waals surface area contributed by atoms with Crippen molar-refractivity contribution in [1.82, 2.24) is 0 Å². The van der Waals surface area contributed by atoms with Crippen molar-refractivity contribution in [2.45, 2.75) is 18.9 Å². The number of hydrogen-bond acceptors (Lipinski definition) is 3. The number of thioether (sulfide) groups is 1. The smallest absolute Gasteiger partial charge is 0.119 e. The molecule has 88 valence electrons. The molecule has 0 aliphatic carbocycles. The van der Waals surface area contributed by atoms with E-state index in [4.69, 9.17) is 4.74 Å². The van der Waals surface area contributed by atoms with E-state index in [-0.39, 0.29) is 6.10 Å². The molecule has 0 bridgehead atoms. The molecule has 1 heterocycles. The molecule has 1 fully saturated rings. The van der Waals surface area contributed by atoms with Crippen molar-refractivity contribution in [3.05, 3.63) is 30.3 Å². The Labute approximate surface area is 101 Å². The molecule has 1 N–H and O–H groups in total. The summed E-state index contributed by atoms with van der Waals surface area (Å²) in [5.41, 5.74) is 0.